The number of carbonyl (C=O) groups excluding carboxylic acids is 1. The Morgan fingerprint density at radius 3 is 2.81 bits per heavy atom. The van der Waals surface area contributed by atoms with Gasteiger partial charge in [0.25, 0.3) is 5.56 Å². The van der Waals surface area contributed by atoms with E-state index in [1.807, 2.05) is 32.9 Å². The van der Waals surface area contributed by atoms with Crippen LogP contribution >= 0.6 is 0 Å². The van der Waals surface area contributed by atoms with Crippen LogP contribution < -0.4 is 5.56 Å². The summed E-state index contributed by atoms with van der Waals surface area (Å²) in [6, 6.07) is 1.97. The summed E-state index contributed by atoms with van der Waals surface area (Å²) in [6.07, 6.45) is 5.56. The number of nitrogens with zero attached hydrogens (tertiary/aromatic N) is 3. The van der Waals surface area contributed by atoms with Crippen LogP contribution in [-0.2, 0) is 4.74 Å². The summed E-state index contributed by atoms with van der Waals surface area (Å²) in [4.78, 5) is 40.2. The Morgan fingerprint density at radius 2 is 2.11 bits per heavy atom. The molecule has 0 fully saturated rings. The number of amides is 1. The molecule has 4 heterocycles. The highest BCUT2D eigenvalue weighted by atomic mass is 16.6. The van der Waals surface area contributed by atoms with Gasteiger partial charge in [0.15, 0.2) is 0 Å². The van der Waals surface area contributed by atoms with Gasteiger partial charge in [-0.25, -0.2) is 9.78 Å². The summed E-state index contributed by atoms with van der Waals surface area (Å²) in [5.41, 5.74) is 3.26. The van der Waals surface area contributed by atoms with Gasteiger partial charge in [0.2, 0.25) is 0 Å². The minimum absolute atomic E-state index is 0.212. The Bertz CT molecular complexity index is 1120. The maximum Gasteiger partial charge on any atom is 0.410 e. The average Bonchev–Trinajstić information content (AvgIpc) is 2.99. The highest BCUT2D eigenvalue weighted by Gasteiger charge is 2.24. The Hall–Kier alpha value is -3.16. The van der Waals surface area contributed by atoms with Gasteiger partial charge in [0.1, 0.15) is 22.2 Å². The van der Waals surface area contributed by atoms with Gasteiger partial charge in [0.05, 0.1) is 11.8 Å². The van der Waals surface area contributed by atoms with Gasteiger partial charge in [-0.3, -0.25) is 9.78 Å². The van der Waals surface area contributed by atoms with E-state index >= 15 is 0 Å². The number of rotatable bonds is 1. The largest absolute Gasteiger partial charge is 0.444 e. The molecule has 3 aromatic heterocycles. The van der Waals surface area contributed by atoms with Gasteiger partial charge >= 0.3 is 6.09 Å². The minimum atomic E-state index is -0.502. The summed E-state index contributed by atoms with van der Waals surface area (Å²) in [6.45, 7) is 6.66. The molecule has 2 N–H and O–H groups in total. The molecule has 0 saturated carbocycles. The normalized spacial score (nSPS) is 15.2. The van der Waals surface area contributed by atoms with Gasteiger partial charge in [-0.05, 0) is 44.4 Å². The number of ether oxygens (including phenoxy) is 1. The first-order valence-corrected chi connectivity index (χ1v) is 8.84. The van der Waals surface area contributed by atoms with Crippen molar-refractivity contribution in [1.29, 1.82) is 0 Å². The molecule has 4 rings (SSSR count). The highest BCUT2D eigenvalue weighted by molar-refractivity contribution is 6.03. The van der Waals surface area contributed by atoms with Crippen LogP contribution in [0, 0.1) is 0 Å². The predicted octanol–water partition coefficient (Wildman–Crippen LogP) is 2.82. The molecule has 1 aliphatic heterocycles. The molecule has 140 valence electrons. The molecule has 0 bridgehead atoms. The van der Waals surface area contributed by atoms with Crippen molar-refractivity contribution in [3.8, 4) is 0 Å². The second kappa shape index (κ2) is 6.22. The third-order valence-electron chi connectivity index (χ3n) is 4.46. The Labute approximate surface area is 155 Å². The average molecular weight is 367 g/mol. The van der Waals surface area contributed by atoms with E-state index < -0.39 is 5.60 Å². The lowest BCUT2D eigenvalue weighted by molar-refractivity contribution is 0.0270. The summed E-state index contributed by atoms with van der Waals surface area (Å²) in [5, 5.41) is 0.466. The van der Waals surface area contributed by atoms with Crippen molar-refractivity contribution in [2.75, 3.05) is 13.1 Å². The number of hydrogen-bond donors (Lipinski definition) is 2. The van der Waals surface area contributed by atoms with E-state index in [0.29, 0.717) is 36.1 Å². The van der Waals surface area contributed by atoms with Crippen molar-refractivity contribution < 1.29 is 9.53 Å². The molecule has 0 saturated heterocycles. The molecule has 0 unspecified atom stereocenters. The SMILES string of the molecule is CC(C)(C)OC(=O)N1CC=C(c2cnc3c(c2)[nH]c2nc[nH]c(=O)c23)CC1. The second-order valence-corrected chi connectivity index (χ2v) is 7.61. The first-order chi connectivity index (χ1) is 12.8. The summed E-state index contributed by atoms with van der Waals surface area (Å²) in [7, 11) is 0. The summed E-state index contributed by atoms with van der Waals surface area (Å²) < 4.78 is 5.42. The lowest BCUT2D eigenvalue weighted by Gasteiger charge is -2.29. The van der Waals surface area contributed by atoms with Crippen molar-refractivity contribution in [2.24, 2.45) is 0 Å². The van der Waals surface area contributed by atoms with Crippen LogP contribution in [0.3, 0.4) is 0 Å². The number of H-pyrrole nitrogens is 2. The van der Waals surface area contributed by atoms with E-state index in [1.54, 1.807) is 11.1 Å². The van der Waals surface area contributed by atoms with Crippen molar-refractivity contribution in [1.82, 2.24) is 24.8 Å². The monoisotopic (exact) mass is 367 g/mol. The topological polar surface area (TPSA) is 104 Å². The molecule has 8 heteroatoms. The quantitative estimate of drug-likeness (QED) is 0.688. The van der Waals surface area contributed by atoms with Crippen LogP contribution in [0.4, 0.5) is 4.79 Å². The molecule has 1 amide bonds. The number of pyridine rings is 1. The molecule has 0 aliphatic carbocycles. The molecule has 27 heavy (non-hydrogen) atoms. The standard InChI is InChI=1S/C19H21N5O3/c1-19(2,3)27-18(26)24-6-4-11(5-7-24)12-8-13-15(20-9-12)14-16(23-13)21-10-22-17(14)25/h4,8-10H,5-7H2,1-3H3,(H2,21,22,23,25). The van der Waals surface area contributed by atoms with Crippen LogP contribution in [0.2, 0.25) is 0 Å². The number of carbonyl (C=O) groups is 1. The van der Waals surface area contributed by atoms with Crippen molar-refractivity contribution in [3.05, 3.63) is 40.6 Å². The van der Waals surface area contributed by atoms with Gasteiger partial charge in [-0.1, -0.05) is 6.08 Å². The van der Waals surface area contributed by atoms with Crippen molar-refractivity contribution in [2.45, 2.75) is 32.8 Å². The number of aromatic amines is 2. The molecule has 1 aliphatic rings. The zero-order valence-electron chi connectivity index (χ0n) is 15.5. The Balaban J connectivity index is 1.60. The van der Waals surface area contributed by atoms with Crippen LogP contribution in [0.15, 0.2) is 29.5 Å². The molecule has 0 radical (unpaired) electrons. The van der Waals surface area contributed by atoms with E-state index in [2.05, 4.69) is 19.9 Å². The van der Waals surface area contributed by atoms with Gasteiger partial charge in [0, 0.05) is 19.3 Å². The molecular formula is C19H21N5O3. The number of hydrogen-bond acceptors (Lipinski definition) is 5. The summed E-state index contributed by atoms with van der Waals surface area (Å²) >= 11 is 0. The van der Waals surface area contributed by atoms with Gasteiger partial charge in [-0.15, -0.1) is 0 Å². The zero-order chi connectivity index (χ0) is 19.2. The third kappa shape index (κ3) is 3.30. The van der Waals surface area contributed by atoms with E-state index in [0.717, 1.165) is 16.7 Å². The first-order valence-electron chi connectivity index (χ1n) is 8.84. The van der Waals surface area contributed by atoms with E-state index in [-0.39, 0.29) is 11.7 Å². The van der Waals surface area contributed by atoms with Crippen LogP contribution in [0.1, 0.15) is 32.8 Å². The first kappa shape index (κ1) is 17.3. The fourth-order valence-electron chi connectivity index (χ4n) is 3.20. The Morgan fingerprint density at radius 1 is 1.30 bits per heavy atom. The molecule has 8 nitrogen and oxygen atoms in total. The van der Waals surface area contributed by atoms with Gasteiger partial charge in [-0.2, -0.15) is 0 Å². The van der Waals surface area contributed by atoms with E-state index in [1.165, 1.54) is 6.33 Å². The van der Waals surface area contributed by atoms with Crippen LogP contribution in [0.5, 0.6) is 0 Å². The second-order valence-electron chi connectivity index (χ2n) is 7.61. The third-order valence-corrected chi connectivity index (χ3v) is 4.46. The molecule has 0 spiro atoms. The van der Waals surface area contributed by atoms with E-state index in [9.17, 15) is 9.59 Å². The smallest absolute Gasteiger partial charge is 0.410 e. The lowest BCUT2D eigenvalue weighted by Crippen LogP contribution is -2.39. The predicted molar refractivity (Wildman–Crippen MR) is 102 cm³/mol. The fraction of sp³-hybridized carbons (Fsp3) is 0.368. The summed E-state index contributed by atoms with van der Waals surface area (Å²) in [5.74, 6) is 0. The maximum absolute atomic E-state index is 12.2. The van der Waals surface area contributed by atoms with Crippen molar-refractivity contribution in [3.63, 3.8) is 0 Å². The highest BCUT2D eigenvalue weighted by Crippen LogP contribution is 2.27. The zero-order valence-corrected chi connectivity index (χ0v) is 15.5. The van der Waals surface area contributed by atoms with Crippen molar-refractivity contribution >= 4 is 33.7 Å². The fourth-order valence-corrected chi connectivity index (χ4v) is 3.20. The number of aromatic nitrogens is 4. The maximum atomic E-state index is 12.2. The van der Waals surface area contributed by atoms with E-state index in [4.69, 9.17) is 4.74 Å². The number of fused-ring (bicyclic) bond motifs is 3. The van der Waals surface area contributed by atoms with Gasteiger partial charge < -0.3 is 19.6 Å². The molecular weight excluding hydrogens is 346 g/mol. The molecule has 0 atom stereocenters. The lowest BCUT2D eigenvalue weighted by atomic mass is 10.0. The Kier molecular flexibility index (Phi) is 3.98. The van der Waals surface area contributed by atoms with Crippen LogP contribution in [0.25, 0.3) is 27.6 Å². The molecule has 3 aromatic rings. The minimum Gasteiger partial charge on any atom is -0.444 e. The molecule has 0 aromatic carbocycles. The number of nitrogens with one attached hydrogen (secondary N) is 2. The van der Waals surface area contributed by atoms with Crippen LogP contribution in [-0.4, -0.2) is 49.6 Å².